The summed E-state index contributed by atoms with van der Waals surface area (Å²) < 4.78 is 5.85. The Kier molecular flexibility index (Phi) is 7.11. The molecule has 1 unspecified atom stereocenters. The highest BCUT2D eigenvalue weighted by molar-refractivity contribution is 5.37. The number of ether oxygens (including phenoxy) is 1. The Morgan fingerprint density at radius 1 is 1.35 bits per heavy atom. The van der Waals surface area contributed by atoms with E-state index in [1.54, 1.807) is 0 Å². The highest BCUT2D eigenvalue weighted by atomic mass is 16.5. The average molecular weight is 274 g/mol. The molecule has 3 heteroatoms. The van der Waals surface area contributed by atoms with E-state index in [1.807, 2.05) is 0 Å². The van der Waals surface area contributed by atoms with E-state index in [-0.39, 0.29) is 6.04 Å². The van der Waals surface area contributed by atoms with Crippen LogP contribution in [0.15, 0.2) is 18.2 Å². The zero-order valence-corrected chi connectivity index (χ0v) is 13.1. The molecular formula is C17H26N2O. The third-order valence-electron chi connectivity index (χ3n) is 3.34. The van der Waals surface area contributed by atoms with Crippen molar-refractivity contribution in [3.8, 4) is 11.8 Å². The topological polar surface area (TPSA) is 45.0 Å². The molecule has 0 heterocycles. The minimum atomic E-state index is -0.122. The Morgan fingerprint density at radius 3 is 2.70 bits per heavy atom. The number of hydrogen-bond acceptors (Lipinski definition) is 3. The molecule has 0 spiro atoms. The van der Waals surface area contributed by atoms with E-state index in [4.69, 9.17) is 10.00 Å². The second-order valence-corrected chi connectivity index (χ2v) is 5.45. The van der Waals surface area contributed by atoms with Crippen LogP contribution < -0.4 is 10.1 Å². The summed E-state index contributed by atoms with van der Waals surface area (Å²) in [5.41, 5.74) is 2.43. The first-order valence-electron chi connectivity index (χ1n) is 7.44. The van der Waals surface area contributed by atoms with Crippen molar-refractivity contribution in [3.63, 3.8) is 0 Å². The minimum absolute atomic E-state index is 0.122. The van der Waals surface area contributed by atoms with E-state index < -0.39 is 0 Å². The van der Waals surface area contributed by atoms with Crippen LogP contribution in [-0.4, -0.2) is 19.2 Å². The van der Waals surface area contributed by atoms with Gasteiger partial charge in [0, 0.05) is 6.42 Å². The molecule has 0 aliphatic rings. The van der Waals surface area contributed by atoms with Crippen molar-refractivity contribution >= 4 is 0 Å². The van der Waals surface area contributed by atoms with Gasteiger partial charge in [-0.2, -0.15) is 5.26 Å². The van der Waals surface area contributed by atoms with Gasteiger partial charge in [0.05, 0.1) is 18.7 Å². The van der Waals surface area contributed by atoms with Crippen LogP contribution in [0.2, 0.25) is 0 Å². The zero-order valence-electron chi connectivity index (χ0n) is 13.1. The highest BCUT2D eigenvalue weighted by Crippen LogP contribution is 2.24. The summed E-state index contributed by atoms with van der Waals surface area (Å²) in [6, 6.07) is 8.51. The summed E-state index contributed by atoms with van der Waals surface area (Å²) in [7, 11) is 0. The van der Waals surface area contributed by atoms with E-state index in [0.717, 1.165) is 24.3 Å². The zero-order chi connectivity index (χ0) is 15.0. The van der Waals surface area contributed by atoms with Crippen molar-refractivity contribution in [2.75, 3.05) is 13.2 Å². The Bertz CT molecular complexity index is 449. The highest BCUT2D eigenvalue weighted by Gasteiger charge is 2.08. The van der Waals surface area contributed by atoms with Crippen LogP contribution in [-0.2, 0) is 0 Å². The molecule has 1 aromatic carbocycles. The Labute approximate surface area is 123 Å². The van der Waals surface area contributed by atoms with Crippen LogP contribution >= 0.6 is 0 Å². The predicted molar refractivity (Wildman–Crippen MR) is 83.1 cm³/mol. The molecule has 110 valence electrons. The minimum Gasteiger partial charge on any atom is -0.493 e. The van der Waals surface area contributed by atoms with Crippen LogP contribution in [0.3, 0.4) is 0 Å². The number of rotatable bonds is 8. The maximum atomic E-state index is 9.05. The van der Waals surface area contributed by atoms with E-state index in [1.165, 1.54) is 5.56 Å². The summed E-state index contributed by atoms with van der Waals surface area (Å²) in [6.45, 7) is 9.94. The lowest BCUT2D eigenvalue weighted by molar-refractivity contribution is 0.295. The van der Waals surface area contributed by atoms with Gasteiger partial charge in [0.15, 0.2) is 0 Å². The fraction of sp³-hybridized carbons (Fsp3) is 0.588. The molecule has 0 saturated carbocycles. The van der Waals surface area contributed by atoms with Crippen LogP contribution in [0.25, 0.3) is 0 Å². The van der Waals surface area contributed by atoms with Crippen molar-refractivity contribution in [3.05, 3.63) is 29.3 Å². The third kappa shape index (κ3) is 5.22. The first-order valence-corrected chi connectivity index (χ1v) is 7.44. The molecule has 0 amide bonds. The summed E-state index contributed by atoms with van der Waals surface area (Å²) in [5.74, 6) is 1.43. The largest absolute Gasteiger partial charge is 0.493 e. The van der Waals surface area contributed by atoms with Gasteiger partial charge >= 0.3 is 0 Å². The molecule has 0 aliphatic carbocycles. The van der Waals surface area contributed by atoms with Crippen molar-refractivity contribution in [2.45, 2.75) is 52.5 Å². The van der Waals surface area contributed by atoms with Gasteiger partial charge in [-0.1, -0.05) is 32.9 Å². The number of nitriles is 1. The molecule has 3 nitrogen and oxygen atoms in total. The monoisotopic (exact) mass is 274 g/mol. The molecule has 0 radical (unpaired) electrons. The Balaban J connectivity index is 2.53. The normalized spacial score (nSPS) is 12.2. The van der Waals surface area contributed by atoms with Crippen LogP contribution in [0, 0.1) is 18.3 Å². The number of aryl methyl sites for hydroxylation is 1. The quantitative estimate of drug-likeness (QED) is 0.784. The SMILES string of the molecule is CCCNC(C#N)CCOc1cc(C(C)C)ccc1C. The van der Waals surface area contributed by atoms with E-state index in [9.17, 15) is 0 Å². The van der Waals surface area contributed by atoms with E-state index in [2.05, 4.69) is 57.3 Å². The summed E-state index contributed by atoms with van der Waals surface area (Å²) in [4.78, 5) is 0. The van der Waals surface area contributed by atoms with Crippen molar-refractivity contribution in [2.24, 2.45) is 0 Å². The fourth-order valence-electron chi connectivity index (χ4n) is 1.95. The molecule has 0 aliphatic heterocycles. The lowest BCUT2D eigenvalue weighted by Gasteiger charge is -2.15. The number of hydrogen-bond donors (Lipinski definition) is 1. The summed E-state index contributed by atoms with van der Waals surface area (Å²) >= 11 is 0. The van der Waals surface area contributed by atoms with Crippen molar-refractivity contribution in [1.82, 2.24) is 5.32 Å². The smallest absolute Gasteiger partial charge is 0.122 e. The molecule has 0 bridgehead atoms. The molecule has 1 N–H and O–H groups in total. The number of nitrogens with one attached hydrogen (secondary N) is 1. The van der Waals surface area contributed by atoms with E-state index in [0.29, 0.717) is 18.9 Å². The molecule has 1 aromatic rings. The molecule has 0 saturated heterocycles. The fourth-order valence-corrected chi connectivity index (χ4v) is 1.95. The van der Waals surface area contributed by atoms with Gasteiger partial charge < -0.3 is 10.1 Å². The lowest BCUT2D eigenvalue weighted by atomic mass is 10.0. The summed E-state index contributed by atoms with van der Waals surface area (Å²) in [5, 5.41) is 12.3. The van der Waals surface area contributed by atoms with Gasteiger partial charge in [0.1, 0.15) is 5.75 Å². The Hall–Kier alpha value is -1.53. The maximum Gasteiger partial charge on any atom is 0.122 e. The summed E-state index contributed by atoms with van der Waals surface area (Å²) in [6.07, 6.45) is 1.75. The first-order chi connectivity index (χ1) is 9.58. The van der Waals surface area contributed by atoms with Gasteiger partial charge in [0.25, 0.3) is 0 Å². The third-order valence-corrected chi connectivity index (χ3v) is 3.34. The first kappa shape index (κ1) is 16.5. The van der Waals surface area contributed by atoms with Gasteiger partial charge in [-0.05, 0) is 43.0 Å². The number of benzene rings is 1. The average Bonchev–Trinajstić information content (AvgIpc) is 2.44. The molecular weight excluding hydrogens is 248 g/mol. The molecule has 1 rings (SSSR count). The van der Waals surface area contributed by atoms with Gasteiger partial charge in [-0.3, -0.25) is 0 Å². The van der Waals surface area contributed by atoms with Crippen LogP contribution in [0.5, 0.6) is 5.75 Å². The van der Waals surface area contributed by atoms with Gasteiger partial charge in [0.2, 0.25) is 0 Å². The standard InChI is InChI=1S/C17H26N2O/c1-5-9-19-16(12-18)8-10-20-17-11-15(13(2)3)7-6-14(17)4/h6-7,11,13,16,19H,5,8-10H2,1-4H3. The predicted octanol–water partition coefficient (Wildman–Crippen LogP) is 3.78. The van der Waals surface area contributed by atoms with Crippen LogP contribution in [0.1, 0.15) is 50.7 Å². The van der Waals surface area contributed by atoms with Crippen molar-refractivity contribution < 1.29 is 4.74 Å². The molecule has 1 atom stereocenters. The van der Waals surface area contributed by atoms with Gasteiger partial charge in [-0.15, -0.1) is 0 Å². The second-order valence-electron chi connectivity index (χ2n) is 5.45. The van der Waals surface area contributed by atoms with Crippen molar-refractivity contribution in [1.29, 1.82) is 5.26 Å². The Morgan fingerprint density at radius 2 is 2.10 bits per heavy atom. The van der Waals surface area contributed by atoms with Crippen LogP contribution in [0.4, 0.5) is 0 Å². The lowest BCUT2D eigenvalue weighted by Crippen LogP contribution is -2.29. The molecule has 0 aromatic heterocycles. The molecule has 0 fully saturated rings. The number of nitrogens with zero attached hydrogens (tertiary/aromatic N) is 1. The maximum absolute atomic E-state index is 9.05. The van der Waals surface area contributed by atoms with E-state index >= 15 is 0 Å². The van der Waals surface area contributed by atoms with Gasteiger partial charge in [-0.25, -0.2) is 0 Å². The second kappa shape index (κ2) is 8.60. The molecule has 20 heavy (non-hydrogen) atoms.